The van der Waals surface area contributed by atoms with E-state index in [-0.39, 0.29) is 18.0 Å². The fourth-order valence-corrected chi connectivity index (χ4v) is 2.84. The smallest absolute Gasteiger partial charge is 0.338 e. The van der Waals surface area contributed by atoms with Crippen LogP contribution >= 0.6 is 12.4 Å². The Morgan fingerprint density at radius 1 is 1.36 bits per heavy atom. The molecule has 1 aliphatic heterocycles. The van der Waals surface area contributed by atoms with Crippen LogP contribution in [0.4, 0.5) is 18.9 Å². The minimum absolute atomic E-state index is 0. The highest BCUT2D eigenvalue weighted by molar-refractivity contribution is 5.98. The first-order chi connectivity index (χ1) is 11.2. The summed E-state index contributed by atoms with van der Waals surface area (Å²) in [6.07, 6.45) is -3.19. The summed E-state index contributed by atoms with van der Waals surface area (Å²) in [5.74, 6) is -0.181. The molecule has 1 aromatic carbocycles. The fourth-order valence-electron chi connectivity index (χ4n) is 2.84. The molecular weight excluding hydrogens is 363 g/mol. The highest BCUT2D eigenvalue weighted by atomic mass is 35.5. The number of likely N-dealkylation sites (tertiary alicyclic amines) is 1. The minimum atomic E-state index is -4.70. The lowest BCUT2D eigenvalue weighted by molar-refractivity contribution is -0.385. The molecule has 0 bridgehead atoms. The molecule has 1 fully saturated rings. The molecule has 6 nitrogen and oxygen atoms in total. The average Bonchev–Trinajstić information content (AvgIpc) is 2.53. The van der Waals surface area contributed by atoms with Gasteiger partial charge in [-0.05, 0) is 44.5 Å². The molecule has 0 saturated carbocycles. The molecule has 0 radical (unpaired) electrons. The van der Waals surface area contributed by atoms with Gasteiger partial charge in [-0.25, -0.2) is 0 Å². The summed E-state index contributed by atoms with van der Waals surface area (Å²) in [5.41, 5.74) is -2.26. The van der Waals surface area contributed by atoms with Crippen LogP contribution in [-0.4, -0.2) is 42.4 Å². The largest absolute Gasteiger partial charge is 0.416 e. The van der Waals surface area contributed by atoms with Crippen molar-refractivity contribution in [3.63, 3.8) is 0 Å². The van der Waals surface area contributed by atoms with Gasteiger partial charge in [0.05, 0.1) is 10.5 Å². The Bertz CT molecular complexity index is 632. The van der Waals surface area contributed by atoms with Crippen LogP contribution in [0.3, 0.4) is 0 Å². The molecule has 10 heteroatoms. The summed E-state index contributed by atoms with van der Waals surface area (Å²) in [6.45, 7) is 1.69. The van der Waals surface area contributed by atoms with Crippen molar-refractivity contribution in [2.24, 2.45) is 5.92 Å². The Labute approximate surface area is 148 Å². The van der Waals surface area contributed by atoms with Gasteiger partial charge in [0.1, 0.15) is 5.56 Å². The van der Waals surface area contributed by atoms with E-state index in [0.29, 0.717) is 31.1 Å². The lowest BCUT2D eigenvalue weighted by Crippen LogP contribution is -2.40. The van der Waals surface area contributed by atoms with E-state index in [4.69, 9.17) is 0 Å². The minimum Gasteiger partial charge on any atom is -0.338 e. The standard InChI is InChI=1S/C15H18F3N3O3.ClH/c1-19-9-10-4-6-20(7-5-10)14(22)12-3-2-11(15(16,17)18)8-13(12)21(23)24;/h2-3,8,10,19H,4-7,9H2,1H3;1H. The molecule has 2 rings (SSSR count). The quantitative estimate of drug-likeness (QED) is 0.642. The van der Waals surface area contributed by atoms with Crippen LogP contribution in [0.25, 0.3) is 0 Å². The van der Waals surface area contributed by atoms with E-state index < -0.39 is 28.3 Å². The number of nitro benzene ring substituents is 1. The van der Waals surface area contributed by atoms with Crippen molar-refractivity contribution >= 4 is 24.0 Å². The molecule has 0 aliphatic carbocycles. The average molecular weight is 382 g/mol. The van der Waals surface area contributed by atoms with Gasteiger partial charge in [0.2, 0.25) is 0 Å². The first kappa shape index (κ1) is 21.2. The van der Waals surface area contributed by atoms with Crippen LogP contribution in [0.5, 0.6) is 0 Å². The maximum absolute atomic E-state index is 12.7. The maximum Gasteiger partial charge on any atom is 0.416 e. The topological polar surface area (TPSA) is 75.5 Å². The van der Waals surface area contributed by atoms with Crippen molar-refractivity contribution in [1.29, 1.82) is 0 Å². The zero-order valence-corrected chi connectivity index (χ0v) is 14.3. The zero-order chi connectivity index (χ0) is 17.9. The summed E-state index contributed by atoms with van der Waals surface area (Å²) in [7, 11) is 1.84. The normalized spacial score (nSPS) is 15.6. The van der Waals surface area contributed by atoms with Gasteiger partial charge in [-0.3, -0.25) is 14.9 Å². The van der Waals surface area contributed by atoms with Crippen molar-refractivity contribution in [3.8, 4) is 0 Å². The van der Waals surface area contributed by atoms with Crippen molar-refractivity contribution < 1.29 is 22.9 Å². The lowest BCUT2D eigenvalue weighted by Gasteiger charge is -2.32. The van der Waals surface area contributed by atoms with Crippen molar-refractivity contribution in [1.82, 2.24) is 10.2 Å². The second-order valence-corrected chi connectivity index (χ2v) is 5.78. The number of carbonyl (C=O) groups excluding carboxylic acids is 1. The van der Waals surface area contributed by atoms with Crippen LogP contribution in [-0.2, 0) is 6.18 Å². The highest BCUT2D eigenvalue weighted by Crippen LogP contribution is 2.33. The van der Waals surface area contributed by atoms with Gasteiger partial charge in [0.25, 0.3) is 11.6 Å². The number of nitro groups is 1. The number of amides is 1. The van der Waals surface area contributed by atoms with E-state index in [0.717, 1.165) is 25.5 Å². The molecular formula is C15H19ClF3N3O3. The number of hydrogen-bond acceptors (Lipinski definition) is 4. The number of hydrogen-bond donors (Lipinski definition) is 1. The first-order valence-corrected chi connectivity index (χ1v) is 7.53. The Morgan fingerprint density at radius 3 is 2.44 bits per heavy atom. The van der Waals surface area contributed by atoms with Gasteiger partial charge in [-0.1, -0.05) is 0 Å². The Kier molecular flexibility index (Phi) is 7.18. The SMILES string of the molecule is CNCC1CCN(C(=O)c2ccc(C(F)(F)F)cc2[N+](=O)[O-])CC1.Cl. The molecule has 1 aromatic rings. The summed E-state index contributed by atoms with van der Waals surface area (Å²) in [4.78, 5) is 24.1. The van der Waals surface area contributed by atoms with Crippen LogP contribution in [0.2, 0.25) is 0 Å². The number of halogens is 4. The first-order valence-electron chi connectivity index (χ1n) is 7.53. The zero-order valence-electron chi connectivity index (χ0n) is 13.5. The van der Waals surface area contributed by atoms with E-state index in [2.05, 4.69) is 5.32 Å². The van der Waals surface area contributed by atoms with Gasteiger partial charge in [-0.15, -0.1) is 12.4 Å². The third kappa shape index (κ3) is 5.05. The van der Waals surface area contributed by atoms with E-state index in [9.17, 15) is 28.1 Å². The Balaban J connectivity index is 0.00000312. The molecule has 0 atom stereocenters. The number of alkyl halides is 3. The van der Waals surface area contributed by atoms with Crippen LogP contribution in [0.1, 0.15) is 28.8 Å². The monoisotopic (exact) mass is 381 g/mol. The summed E-state index contributed by atoms with van der Waals surface area (Å²) in [5, 5.41) is 14.1. The third-order valence-corrected chi connectivity index (χ3v) is 4.15. The van der Waals surface area contributed by atoms with Crippen molar-refractivity contribution in [2.45, 2.75) is 19.0 Å². The number of rotatable bonds is 4. The second-order valence-electron chi connectivity index (χ2n) is 5.78. The summed E-state index contributed by atoms with van der Waals surface area (Å²) < 4.78 is 38.1. The molecule has 0 aromatic heterocycles. The molecule has 1 aliphatic rings. The van der Waals surface area contributed by atoms with E-state index in [1.54, 1.807) is 0 Å². The third-order valence-electron chi connectivity index (χ3n) is 4.15. The lowest BCUT2D eigenvalue weighted by atomic mass is 9.96. The van der Waals surface area contributed by atoms with Gasteiger partial charge in [0.15, 0.2) is 0 Å². The van der Waals surface area contributed by atoms with Gasteiger partial charge in [0, 0.05) is 19.2 Å². The van der Waals surface area contributed by atoms with E-state index in [1.807, 2.05) is 7.05 Å². The molecule has 1 heterocycles. The van der Waals surface area contributed by atoms with E-state index >= 15 is 0 Å². The number of piperidine rings is 1. The predicted molar refractivity (Wildman–Crippen MR) is 87.9 cm³/mol. The van der Waals surface area contributed by atoms with Crippen LogP contribution in [0, 0.1) is 16.0 Å². The molecule has 0 unspecified atom stereocenters. The predicted octanol–water partition coefficient (Wildman–Crippen LogP) is 3.11. The Morgan fingerprint density at radius 2 is 1.96 bits per heavy atom. The van der Waals surface area contributed by atoms with Gasteiger partial charge in [-0.2, -0.15) is 13.2 Å². The highest BCUT2D eigenvalue weighted by Gasteiger charge is 2.35. The maximum atomic E-state index is 12.7. The van der Waals surface area contributed by atoms with E-state index in [1.165, 1.54) is 4.90 Å². The number of carbonyl (C=O) groups is 1. The molecule has 25 heavy (non-hydrogen) atoms. The number of nitrogens with one attached hydrogen (secondary N) is 1. The second kappa shape index (κ2) is 8.48. The summed E-state index contributed by atoms with van der Waals surface area (Å²) >= 11 is 0. The molecule has 0 spiro atoms. The fraction of sp³-hybridized carbons (Fsp3) is 0.533. The number of nitrogens with zero attached hydrogens (tertiary/aromatic N) is 2. The molecule has 1 saturated heterocycles. The van der Waals surface area contributed by atoms with Crippen molar-refractivity contribution in [2.75, 3.05) is 26.7 Å². The van der Waals surface area contributed by atoms with Crippen LogP contribution < -0.4 is 5.32 Å². The molecule has 140 valence electrons. The van der Waals surface area contributed by atoms with Gasteiger partial charge < -0.3 is 10.2 Å². The number of benzene rings is 1. The van der Waals surface area contributed by atoms with Gasteiger partial charge >= 0.3 is 6.18 Å². The Hall–Kier alpha value is -1.87. The summed E-state index contributed by atoms with van der Waals surface area (Å²) in [6, 6.07) is 2.01. The van der Waals surface area contributed by atoms with Crippen molar-refractivity contribution in [3.05, 3.63) is 39.4 Å². The van der Waals surface area contributed by atoms with Crippen LogP contribution in [0.15, 0.2) is 18.2 Å². The molecule has 1 N–H and O–H groups in total. The molecule has 1 amide bonds.